The highest BCUT2D eigenvalue weighted by atomic mass is 16.5. The molecule has 8 rings (SSSR count). The summed E-state index contributed by atoms with van der Waals surface area (Å²) in [4.78, 5) is 4.94. The average molecular weight is 512 g/mol. The van der Waals surface area contributed by atoms with Gasteiger partial charge in [-0.3, -0.25) is 4.57 Å². The van der Waals surface area contributed by atoms with Crippen LogP contribution >= 0.6 is 0 Å². The molecule has 40 heavy (non-hydrogen) atoms. The molecule has 1 aliphatic heterocycles. The van der Waals surface area contributed by atoms with Gasteiger partial charge in [-0.1, -0.05) is 84.9 Å². The zero-order valence-corrected chi connectivity index (χ0v) is 21.4. The first kappa shape index (κ1) is 22.3. The van der Waals surface area contributed by atoms with Crippen molar-refractivity contribution in [3.05, 3.63) is 133 Å². The number of para-hydroxylation sites is 1. The predicted molar refractivity (Wildman–Crippen MR) is 160 cm³/mol. The Morgan fingerprint density at radius 2 is 1.43 bits per heavy atom. The van der Waals surface area contributed by atoms with Crippen molar-refractivity contribution in [1.82, 2.24) is 9.55 Å². The van der Waals surface area contributed by atoms with E-state index in [1.807, 2.05) is 48.5 Å². The molecule has 4 heteroatoms. The Kier molecular flexibility index (Phi) is 4.85. The van der Waals surface area contributed by atoms with Gasteiger partial charge in [0.05, 0.1) is 22.7 Å². The minimum absolute atomic E-state index is 0.599. The smallest absolute Gasteiger partial charge is 0.145 e. The molecule has 0 unspecified atom stereocenters. The Labute approximate surface area is 231 Å². The summed E-state index contributed by atoms with van der Waals surface area (Å²) in [5.74, 6) is 2.62. The Hall–Kier alpha value is -5.66. The lowest BCUT2D eigenvalue weighted by molar-refractivity contribution is 0.487. The predicted octanol–water partition coefficient (Wildman–Crippen LogP) is 9.16. The van der Waals surface area contributed by atoms with Gasteiger partial charge in [0.1, 0.15) is 17.3 Å². The number of aromatic nitrogens is 2. The van der Waals surface area contributed by atoms with Crippen molar-refractivity contribution in [1.29, 1.82) is 5.26 Å². The van der Waals surface area contributed by atoms with E-state index in [1.54, 1.807) is 0 Å². The number of rotatable bonds is 3. The van der Waals surface area contributed by atoms with Crippen LogP contribution in [0.5, 0.6) is 11.5 Å². The van der Waals surface area contributed by atoms with Gasteiger partial charge in [0, 0.05) is 22.2 Å². The fraction of sp³-hybridized carbons (Fsp3) is 0. The zero-order valence-electron chi connectivity index (χ0n) is 21.4. The lowest BCUT2D eigenvalue weighted by Crippen LogP contribution is -1.98. The van der Waals surface area contributed by atoms with Crippen LogP contribution in [0.3, 0.4) is 0 Å². The number of ether oxygens (including phenoxy) is 1. The number of hydrogen-bond acceptors (Lipinski definition) is 3. The SMILES string of the molecule is N#Cc1ccc2c(c1)nc(-c1ccccc1)n2-c1ccc(-c2ccc3c4c(cccc24)-c2ccccc2O3)cc1. The Bertz CT molecular complexity index is 2130. The highest BCUT2D eigenvalue weighted by molar-refractivity contribution is 6.09. The summed E-state index contributed by atoms with van der Waals surface area (Å²) in [5.41, 5.74) is 8.99. The van der Waals surface area contributed by atoms with Crippen LogP contribution in [-0.2, 0) is 0 Å². The lowest BCUT2D eigenvalue weighted by atomic mass is 9.90. The molecular formula is C36H21N3O. The number of nitriles is 1. The average Bonchev–Trinajstić information content (AvgIpc) is 3.41. The molecule has 0 spiro atoms. The highest BCUT2D eigenvalue weighted by Gasteiger charge is 2.21. The first-order valence-corrected chi connectivity index (χ1v) is 13.2. The molecule has 2 heterocycles. The summed E-state index contributed by atoms with van der Waals surface area (Å²) in [6.45, 7) is 0. The maximum absolute atomic E-state index is 9.43. The van der Waals surface area contributed by atoms with Crippen LogP contribution in [0.4, 0.5) is 0 Å². The number of fused-ring (bicyclic) bond motifs is 3. The first-order chi connectivity index (χ1) is 19.8. The van der Waals surface area contributed by atoms with Crippen molar-refractivity contribution in [2.45, 2.75) is 0 Å². The molecule has 0 saturated heterocycles. The Balaban J connectivity index is 1.28. The van der Waals surface area contributed by atoms with E-state index in [4.69, 9.17) is 9.72 Å². The van der Waals surface area contributed by atoms with Crippen molar-refractivity contribution >= 4 is 21.8 Å². The van der Waals surface area contributed by atoms with E-state index in [0.29, 0.717) is 5.56 Å². The van der Waals surface area contributed by atoms with E-state index in [-0.39, 0.29) is 0 Å². The summed E-state index contributed by atoms with van der Waals surface area (Å²) < 4.78 is 8.46. The fourth-order valence-corrected chi connectivity index (χ4v) is 5.81. The normalized spacial score (nSPS) is 11.7. The van der Waals surface area contributed by atoms with Crippen LogP contribution in [0.1, 0.15) is 5.56 Å². The third-order valence-electron chi connectivity index (χ3n) is 7.65. The van der Waals surface area contributed by atoms with Gasteiger partial charge in [-0.05, 0) is 64.5 Å². The van der Waals surface area contributed by atoms with Crippen LogP contribution in [-0.4, -0.2) is 9.55 Å². The largest absolute Gasteiger partial charge is 0.456 e. The third-order valence-corrected chi connectivity index (χ3v) is 7.65. The Morgan fingerprint density at radius 1 is 0.625 bits per heavy atom. The van der Waals surface area contributed by atoms with Crippen molar-refractivity contribution in [2.75, 3.05) is 0 Å². The lowest BCUT2D eigenvalue weighted by Gasteiger charge is -2.22. The van der Waals surface area contributed by atoms with Crippen LogP contribution in [0, 0.1) is 11.3 Å². The molecule has 0 atom stereocenters. The van der Waals surface area contributed by atoms with Crippen molar-refractivity contribution in [3.8, 4) is 56.9 Å². The van der Waals surface area contributed by atoms with Gasteiger partial charge in [0.15, 0.2) is 0 Å². The molecule has 0 radical (unpaired) electrons. The maximum atomic E-state index is 9.43. The van der Waals surface area contributed by atoms with E-state index in [0.717, 1.165) is 61.7 Å². The van der Waals surface area contributed by atoms with Gasteiger partial charge in [-0.15, -0.1) is 0 Å². The molecule has 6 aromatic carbocycles. The molecule has 7 aromatic rings. The van der Waals surface area contributed by atoms with Gasteiger partial charge >= 0.3 is 0 Å². The first-order valence-electron chi connectivity index (χ1n) is 13.2. The molecule has 1 aromatic heterocycles. The molecule has 0 bridgehead atoms. The second-order valence-corrected chi connectivity index (χ2v) is 9.94. The quantitative estimate of drug-likeness (QED) is 0.238. The number of hydrogen-bond donors (Lipinski definition) is 0. The van der Waals surface area contributed by atoms with Crippen LogP contribution in [0.25, 0.3) is 61.1 Å². The molecule has 0 N–H and O–H groups in total. The van der Waals surface area contributed by atoms with Gasteiger partial charge in [0.2, 0.25) is 0 Å². The van der Waals surface area contributed by atoms with Gasteiger partial charge < -0.3 is 4.74 Å². The van der Waals surface area contributed by atoms with Gasteiger partial charge in [-0.2, -0.15) is 5.26 Å². The topological polar surface area (TPSA) is 50.8 Å². The van der Waals surface area contributed by atoms with Crippen molar-refractivity contribution < 1.29 is 4.74 Å². The molecular weight excluding hydrogens is 490 g/mol. The molecule has 4 nitrogen and oxygen atoms in total. The van der Waals surface area contributed by atoms with Gasteiger partial charge in [-0.25, -0.2) is 4.98 Å². The second-order valence-electron chi connectivity index (χ2n) is 9.94. The molecule has 1 aliphatic rings. The van der Waals surface area contributed by atoms with Crippen LogP contribution in [0.15, 0.2) is 127 Å². The van der Waals surface area contributed by atoms with Gasteiger partial charge in [0.25, 0.3) is 0 Å². The van der Waals surface area contributed by atoms with E-state index < -0.39 is 0 Å². The van der Waals surface area contributed by atoms with Crippen molar-refractivity contribution in [3.63, 3.8) is 0 Å². The zero-order chi connectivity index (χ0) is 26.6. The number of imidazole rings is 1. The van der Waals surface area contributed by atoms with Crippen LogP contribution in [0.2, 0.25) is 0 Å². The standard InChI is InChI=1S/C36H21N3O/c37-22-23-13-19-32-31(21-23)38-36(25-7-2-1-3-8-25)39(32)26-16-14-24(15-17-26)27-18-20-34-35-29(27)10-6-11-30(35)28-9-4-5-12-33(28)40-34/h1-21H. The summed E-state index contributed by atoms with van der Waals surface area (Å²) in [5, 5.41) is 11.7. The summed E-state index contributed by atoms with van der Waals surface area (Å²) in [6.07, 6.45) is 0. The maximum Gasteiger partial charge on any atom is 0.145 e. The minimum Gasteiger partial charge on any atom is -0.456 e. The third kappa shape index (κ3) is 3.35. The molecule has 186 valence electrons. The molecule has 0 fully saturated rings. The van der Waals surface area contributed by atoms with Crippen molar-refractivity contribution in [2.24, 2.45) is 0 Å². The summed E-state index contributed by atoms with van der Waals surface area (Å²) in [6, 6.07) is 45.6. The highest BCUT2D eigenvalue weighted by Crippen LogP contribution is 2.48. The van der Waals surface area contributed by atoms with E-state index in [9.17, 15) is 5.26 Å². The van der Waals surface area contributed by atoms with E-state index in [1.165, 1.54) is 10.9 Å². The van der Waals surface area contributed by atoms with E-state index >= 15 is 0 Å². The van der Waals surface area contributed by atoms with E-state index in [2.05, 4.69) is 89.5 Å². The fourth-order valence-electron chi connectivity index (χ4n) is 5.81. The minimum atomic E-state index is 0.599. The molecule has 0 aliphatic carbocycles. The summed E-state index contributed by atoms with van der Waals surface area (Å²) in [7, 11) is 0. The molecule has 0 saturated carbocycles. The van der Waals surface area contributed by atoms with Crippen LogP contribution < -0.4 is 4.74 Å². The summed E-state index contributed by atoms with van der Waals surface area (Å²) >= 11 is 0. The number of benzene rings is 6. The second kappa shape index (κ2) is 8.69. The monoisotopic (exact) mass is 511 g/mol. The Morgan fingerprint density at radius 3 is 2.27 bits per heavy atom. The number of nitrogens with zero attached hydrogens (tertiary/aromatic N) is 3. The molecule has 0 amide bonds.